The molecule has 4 unspecified atom stereocenters. The minimum atomic E-state index is 0.570. The molecule has 0 aromatic carbocycles. The fourth-order valence-electron chi connectivity index (χ4n) is 2.35. The molecule has 1 aliphatic rings. The third-order valence-corrected chi connectivity index (χ3v) is 4.69. The lowest BCUT2D eigenvalue weighted by atomic mass is 10.0. The third kappa shape index (κ3) is 5.56. The average Bonchev–Trinajstić information content (AvgIpc) is 2.39. The molecule has 0 aromatic rings. The van der Waals surface area contributed by atoms with E-state index in [0.29, 0.717) is 24.8 Å². The molecular formula is C10H24IN4P. The summed E-state index contributed by atoms with van der Waals surface area (Å²) in [5.41, 5.74) is 5.58. The second-order valence-electron chi connectivity index (χ2n) is 4.52. The summed E-state index contributed by atoms with van der Waals surface area (Å²) < 4.78 is 3.39. The van der Waals surface area contributed by atoms with Gasteiger partial charge in [-0.1, -0.05) is 15.8 Å². The normalized spacial score (nSPS) is 32.8. The van der Waals surface area contributed by atoms with Gasteiger partial charge in [0.1, 0.15) is 0 Å². The maximum absolute atomic E-state index is 5.58. The van der Waals surface area contributed by atoms with E-state index >= 15 is 0 Å². The first kappa shape index (κ1) is 15.1. The molecule has 1 rings (SSSR count). The number of halogens is 1. The zero-order valence-electron chi connectivity index (χ0n) is 9.71. The van der Waals surface area contributed by atoms with E-state index in [-0.39, 0.29) is 0 Å². The SMILES string of the molecule is NCNC1CCCC(NP)CCC(NI)C1. The maximum Gasteiger partial charge on any atom is 0.0430 e. The van der Waals surface area contributed by atoms with Crippen LogP contribution >= 0.6 is 32.3 Å². The van der Waals surface area contributed by atoms with E-state index in [4.69, 9.17) is 5.73 Å². The van der Waals surface area contributed by atoms with Gasteiger partial charge in [0.2, 0.25) is 0 Å². The van der Waals surface area contributed by atoms with Crippen molar-refractivity contribution in [3.05, 3.63) is 0 Å². The minimum Gasteiger partial charge on any atom is -0.318 e. The number of rotatable bonds is 4. The Labute approximate surface area is 115 Å². The van der Waals surface area contributed by atoms with Crippen LogP contribution in [0.15, 0.2) is 0 Å². The molecule has 0 radical (unpaired) electrons. The highest BCUT2D eigenvalue weighted by molar-refractivity contribution is 14.1. The largest absolute Gasteiger partial charge is 0.318 e. The Bertz CT molecular complexity index is 184. The predicted octanol–water partition coefficient (Wildman–Crippen LogP) is 1.27. The van der Waals surface area contributed by atoms with E-state index in [1.807, 2.05) is 0 Å². The van der Waals surface area contributed by atoms with Gasteiger partial charge in [0.05, 0.1) is 0 Å². The van der Waals surface area contributed by atoms with Crippen molar-refractivity contribution >= 4 is 32.3 Å². The van der Waals surface area contributed by atoms with Crippen molar-refractivity contribution in [2.75, 3.05) is 6.67 Å². The Morgan fingerprint density at radius 3 is 2.44 bits per heavy atom. The van der Waals surface area contributed by atoms with Crippen LogP contribution in [-0.2, 0) is 0 Å². The van der Waals surface area contributed by atoms with E-state index in [0.717, 1.165) is 0 Å². The summed E-state index contributed by atoms with van der Waals surface area (Å²) in [6.45, 7) is 0.587. The Morgan fingerprint density at radius 1 is 1.12 bits per heavy atom. The van der Waals surface area contributed by atoms with Crippen LogP contribution in [0, 0.1) is 0 Å². The molecule has 4 nitrogen and oxygen atoms in total. The summed E-state index contributed by atoms with van der Waals surface area (Å²) in [6, 6.07) is 1.82. The fourth-order valence-corrected chi connectivity index (χ4v) is 3.25. The summed E-state index contributed by atoms with van der Waals surface area (Å²) in [5.74, 6) is 0. The Morgan fingerprint density at radius 2 is 1.81 bits per heavy atom. The summed E-state index contributed by atoms with van der Waals surface area (Å²) in [5, 5.41) is 6.72. The second-order valence-corrected chi connectivity index (χ2v) is 5.47. The first-order valence-electron chi connectivity index (χ1n) is 6.05. The smallest absolute Gasteiger partial charge is 0.0430 e. The number of nitrogens with two attached hydrogens (primary N) is 1. The fraction of sp³-hybridized carbons (Fsp3) is 1.00. The predicted molar refractivity (Wildman–Crippen MR) is 81.3 cm³/mol. The van der Waals surface area contributed by atoms with E-state index < -0.39 is 0 Å². The quantitative estimate of drug-likeness (QED) is 0.265. The van der Waals surface area contributed by atoms with E-state index in [9.17, 15) is 0 Å². The number of hydrogen-bond donors (Lipinski definition) is 4. The van der Waals surface area contributed by atoms with Gasteiger partial charge >= 0.3 is 0 Å². The van der Waals surface area contributed by atoms with Crippen molar-refractivity contribution in [1.29, 1.82) is 0 Å². The van der Waals surface area contributed by atoms with Gasteiger partial charge in [-0.3, -0.25) is 8.62 Å². The molecule has 6 heteroatoms. The first-order chi connectivity index (χ1) is 7.80. The molecule has 0 saturated heterocycles. The van der Waals surface area contributed by atoms with Crippen molar-refractivity contribution < 1.29 is 0 Å². The molecular weight excluding hydrogens is 334 g/mol. The van der Waals surface area contributed by atoms with Gasteiger partial charge in [0.25, 0.3) is 0 Å². The summed E-state index contributed by atoms with van der Waals surface area (Å²) in [7, 11) is 2.65. The molecule has 5 N–H and O–H groups in total. The van der Waals surface area contributed by atoms with Crippen molar-refractivity contribution in [1.82, 2.24) is 13.9 Å². The van der Waals surface area contributed by atoms with Crippen LogP contribution in [0.4, 0.5) is 0 Å². The monoisotopic (exact) mass is 358 g/mol. The number of nitrogens with one attached hydrogen (secondary N) is 3. The van der Waals surface area contributed by atoms with Crippen LogP contribution < -0.4 is 19.7 Å². The zero-order valence-corrected chi connectivity index (χ0v) is 13.0. The van der Waals surface area contributed by atoms with Crippen molar-refractivity contribution in [3.63, 3.8) is 0 Å². The summed E-state index contributed by atoms with van der Waals surface area (Å²) >= 11 is 2.27. The van der Waals surface area contributed by atoms with Crippen LogP contribution in [0.2, 0.25) is 0 Å². The van der Waals surface area contributed by atoms with Gasteiger partial charge < -0.3 is 11.1 Å². The second kappa shape index (κ2) is 9.00. The Balaban J connectivity index is 2.48. The molecule has 4 atom stereocenters. The molecule has 96 valence electrons. The lowest BCUT2D eigenvalue weighted by Gasteiger charge is -2.22. The molecule has 0 aliphatic heterocycles. The van der Waals surface area contributed by atoms with Crippen LogP contribution in [0.25, 0.3) is 0 Å². The summed E-state index contributed by atoms with van der Waals surface area (Å²) in [6.07, 6.45) is 7.44. The molecule has 0 aromatic heterocycles. The van der Waals surface area contributed by atoms with Gasteiger partial charge in [-0.05, 0) is 32.1 Å². The van der Waals surface area contributed by atoms with Crippen molar-refractivity contribution in [3.8, 4) is 0 Å². The highest BCUT2D eigenvalue weighted by atomic mass is 127. The van der Waals surface area contributed by atoms with Crippen LogP contribution in [-0.4, -0.2) is 24.8 Å². The highest BCUT2D eigenvalue weighted by Gasteiger charge is 2.19. The van der Waals surface area contributed by atoms with E-state index in [1.54, 1.807) is 0 Å². The molecule has 1 saturated carbocycles. The molecule has 0 bridgehead atoms. The van der Waals surface area contributed by atoms with E-state index in [1.165, 1.54) is 38.5 Å². The molecule has 1 aliphatic carbocycles. The maximum atomic E-state index is 5.58. The molecule has 16 heavy (non-hydrogen) atoms. The van der Waals surface area contributed by atoms with Gasteiger partial charge in [0.15, 0.2) is 0 Å². The van der Waals surface area contributed by atoms with Crippen molar-refractivity contribution in [2.24, 2.45) is 5.73 Å². The third-order valence-electron chi connectivity index (χ3n) is 3.33. The van der Waals surface area contributed by atoms with Gasteiger partial charge in [0, 0.05) is 47.7 Å². The molecule has 0 spiro atoms. The number of hydrogen-bond acceptors (Lipinski definition) is 4. The van der Waals surface area contributed by atoms with E-state index in [2.05, 4.69) is 46.2 Å². The Kier molecular flexibility index (Phi) is 8.47. The molecule has 0 heterocycles. The topological polar surface area (TPSA) is 62.1 Å². The zero-order chi connectivity index (χ0) is 11.8. The lowest BCUT2D eigenvalue weighted by Crippen LogP contribution is -2.38. The summed E-state index contributed by atoms with van der Waals surface area (Å²) in [4.78, 5) is 0. The first-order valence-corrected chi connectivity index (χ1v) is 7.71. The van der Waals surface area contributed by atoms with Crippen LogP contribution in [0.5, 0.6) is 0 Å². The molecule has 1 fully saturated rings. The van der Waals surface area contributed by atoms with Crippen LogP contribution in [0.3, 0.4) is 0 Å². The van der Waals surface area contributed by atoms with Crippen LogP contribution in [0.1, 0.15) is 38.5 Å². The minimum absolute atomic E-state index is 0.570. The Hall–Kier alpha value is 1.00. The van der Waals surface area contributed by atoms with Gasteiger partial charge in [-0.2, -0.15) is 0 Å². The average molecular weight is 358 g/mol. The molecule has 0 amide bonds. The lowest BCUT2D eigenvalue weighted by molar-refractivity contribution is 0.405. The highest BCUT2D eigenvalue weighted by Crippen LogP contribution is 2.19. The van der Waals surface area contributed by atoms with Gasteiger partial charge in [-0.15, -0.1) is 0 Å². The van der Waals surface area contributed by atoms with Gasteiger partial charge in [-0.25, -0.2) is 0 Å². The van der Waals surface area contributed by atoms with Crippen molar-refractivity contribution in [2.45, 2.75) is 56.7 Å². The standard InChI is InChI=1S/C10H24IN4P/c11-14-10-5-4-8(15-16)2-1-3-9(6-10)13-7-12/h8-10,13-15H,1-7,12,16H2.